The number of halogens is 1. The summed E-state index contributed by atoms with van der Waals surface area (Å²) in [6.45, 7) is 9.01. The van der Waals surface area contributed by atoms with Crippen molar-refractivity contribution in [2.45, 2.75) is 32.6 Å². The van der Waals surface area contributed by atoms with Gasteiger partial charge in [-0.25, -0.2) is 0 Å². The molecule has 3 heteroatoms. The number of nitrogens with zero attached hydrogens (tertiary/aromatic N) is 1. The average Bonchev–Trinajstić information content (AvgIpc) is 2.81. The summed E-state index contributed by atoms with van der Waals surface area (Å²) in [6, 6.07) is 26.4. The molecule has 2 unspecified atom stereocenters. The van der Waals surface area contributed by atoms with Crippen molar-refractivity contribution in [1.29, 1.82) is 0 Å². The summed E-state index contributed by atoms with van der Waals surface area (Å²) >= 11 is 6.79. The fourth-order valence-electron chi connectivity index (χ4n) is 4.79. The van der Waals surface area contributed by atoms with E-state index in [4.69, 9.17) is 16.3 Å². The van der Waals surface area contributed by atoms with Gasteiger partial charge in [0.1, 0.15) is 0 Å². The normalized spacial score (nSPS) is 16.6. The van der Waals surface area contributed by atoms with Crippen LogP contribution in [-0.2, 0) is 11.2 Å². The lowest BCUT2D eigenvalue weighted by Crippen LogP contribution is -2.40. The van der Waals surface area contributed by atoms with Crippen molar-refractivity contribution in [1.82, 2.24) is 4.90 Å². The minimum atomic E-state index is 0.262. The molecular formula is C29H34ClNO. The van der Waals surface area contributed by atoms with Crippen LogP contribution in [0, 0.1) is 19.8 Å². The maximum atomic E-state index is 6.79. The second-order valence-electron chi connectivity index (χ2n) is 9.11. The number of hydrogen-bond acceptors (Lipinski definition) is 2. The number of rotatable bonds is 8. The maximum absolute atomic E-state index is 6.79. The molecule has 0 aromatic heterocycles. The Kier molecular flexibility index (Phi) is 8.02. The van der Waals surface area contributed by atoms with Crippen LogP contribution in [0.1, 0.15) is 40.2 Å². The van der Waals surface area contributed by atoms with Gasteiger partial charge in [-0.05, 0) is 55.4 Å². The van der Waals surface area contributed by atoms with Gasteiger partial charge in [-0.2, -0.15) is 0 Å². The Morgan fingerprint density at radius 2 is 1.47 bits per heavy atom. The summed E-state index contributed by atoms with van der Waals surface area (Å²) < 4.78 is 5.62. The summed E-state index contributed by atoms with van der Waals surface area (Å²) in [7, 11) is 0. The number of morpholine rings is 1. The van der Waals surface area contributed by atoms with E-state index in [0.717, 1.165) is 50.7 Å². The molecule has 2 nitrogen and oxygen atoms in total. The zero-order valence-corrected chi connectivity index (χ0v) is 20.0. The molecule has 1 aliphatic rings. The Morgan fingerprint density at radius 1 is 0.844 bits per heavy atom. The molecule has 1 aliphatic heterocycles. The minimum Gasteiger partial charge on any atom is -0.379 e. The van der Waals surface area contributed by atoms with Crippen LogP contribution < -0.4 is 0 Å². The molecule has 4 rings (SSSR count). The molecule has 1 saturated heterocycles. The molecule has 0 saturated carbocycles. The molecule has 1 fully saturated rings. The van der Waals surface area contributed by atoms with Crippen LogP contribution >= 0.6 is 11.6 Å². The summed E-state index contributed by atoms with van der Waals surface area (Å²) in [6.07, 6.45) is 2.19. The average molecular weight is 448 g/mol. The molecule has 168 valence electrons. The number of ether oxygens (including phenoxy) is 1. The first-order valence-electron chi connectivity index (χ1n) is 11.8. The Bertz CT molecular complexity index is 977. The topological polar surface area (TPSA) is 12.5 Å². The lowest BCUT2D eigenvalue weighted by Gasteiger charge is -2.35. The van der Waals surface area contributed by atoms with E-state index >= 15 is 0 Å². The Balaban J connectivity index is 1.67. The summed E-state index contributed by atoms with van der Waals surface area (Å²) in [4.78, 5) is 2.57. The first-order valence-corrected chi connectivity index (χ1v) is 12.1. The predicted molar refractivity (Wildman–Crippen MR) is 135 cm³/mol. The Labute approximate surface area is 198 Å². The predicted octanol–water partition coefficient (Wildman–Crippen LogP) is 6.67. The van der Waals surface area contributed by atoms with Crippen LogP contribution in [0.5, 0.6) is 0 Å². The van der Waals surface area contributed by atoms with E-state index in [2.05, 4.69) is 79.4 Å². The third-order valence-corrected chi connectivity index (χ3v) is 7.01. The highest BCUT2D eigenvalue weighted by atomic mass is 35.5. The van der Waals surface area contributed by atoms with Gasteiger partial charge in [0, 0.05) is 30.6 Å². The number of benzene rings is 3. The molecule has 1 heterocycles. The monoisotopic (exact) mass is 447 g/mol. The Morgan fingerprint density at radius 3 is 2.12 bits per heavy atom. The quantitative estimate of drug-likeness (QED) is 0.382. The first kappa shape index (κ1) is 23.0. The van der Waals surface area contributed by atoms with Gasteiger partial charge in [0.05, 0.1) is 13.2 Å². The van der Waals surface area contributed by atoms with E-state index in [9.17, 15) is 0 Å². The lowest BCUT2D eigenvalue weighted by molar-refractivity contribution is 0.0288. The highest BCUT2D eigenvalue weighted by Gasteiger charge is 2.29. The fraction of sp³-hybridized carbons (Fsp3) is 0.379. The van der Waals surface area contributed by atoms with E-state index in [-0.39, 0.29) is 5.92 Å². The molecule has 0 N–H and O–H groups in total. The standard InChI is InChI=1S/C29H34ClNO/c1-22-7-11-24(12-8-22)13-16-26(21-31-17-19-32-20-18-31)29(25-14-9-23(2)10-15-25)27-5-3-4-6-28(27)30/h3-12,14-15,26,29H,13,16-21H2,1-2H3. The first-order chi connectivity index (χ1) is 15.6. The molecular weight excluding hydrogens is 414 g/mol. The van der Waals surface area contributed by atoms with Crippen molar-refractivity contribution >= 4 is 11.6 Å². The smallest absolute Gasteiger partial charge is 0.0594 e. The van der Waals surface area contributed by atoms with Crippen LogP contribution in [0.15, 0.2) is 72.8 Å². The highest BCUT2D eigenvalue weighted by Crippen LogP contribution is 2.39. The van der Waals surface area contributed by atoms with E-state index in [1.165, 1.54) is 27.8 Å². The van der Waals surface area contributed by atoms with Crippen LogP contribution in [-0.4, -0.2) is 37.7 Å². The summed E-state index contributed by atoms with van der Waals surface area (Å²) in [5.74, 6) is 0.717. The van der Waals surface area contributed by atoms with Crippen LogP contribution in [0.2, 0.25) is 5.02 Å². The van der Waals surface area contributed by atoms with E-state index in [0.29, 0.717) is 5.92 Å². The van der Waals surface area contributed by atoms with Gasteiger partial charge in [-0.15, -0.1) is 0 Å². The van der Waals surface area contributed by atoms with Gasteiger partial charge in [0.2, 0.25) is 0 Å². The molecule has 2 atom stereocenters. The van der Waals surface area contributed by atoms with Crippen molar-refractivity contribution in [3.05, 3.63) is 106 Å². The zero-order chi connectivity index (χ0) is 22.3. The van der Waals surface area contributed by atoms with E-state index in [1.807, 2.05) is 12.1 Å². The maximum Gasteiger partial charge on any atom is 0.0594 e. The second-order valence-corrected chi connectivity index (χ2v) is 9.51. The molecule has 3 aromatic carbocycles. The van der Waals surface area contributed by atoms with Gasteiger partial charge in [0.15, 0.2) is 0 Å². The van der Waals surface area contributed by atoms with Crippen LogP contribution in [0.3, 0.4) is 0 Å². The molecule has 0 amide bonds. The largest absolute Gasteiger partial charge is 0.379 e. The van der Waals surface area contributed by atoms with Crippen LogP contribution in [0.4, 0.5) is 0 Å². The number of hydrogen-bond donors (Lipinski definition) is 0. The lowest BCUT2D eigenvalue weighted by atomic mass is 9.77. The molecule has 0 radical (unpaired) electrons. The van der Waals surface area contributed by atoms with Crippen molar-refractivity contribution in [2.75, 3.05) is 32.8 Å². The molecule has 32 heavy (non-hydrogen) atoms. The van der Waals surface area contributed by atoms with Crippen LogP contribution in [0.25, 0.3) is 0 Å². The van der Waals surface area contributed by atoms with Gasteiger partial charge in [-0.3, -0.25) is 4.90 Å². The van der Waals surface area contributed by atoms with E-state index < -0.39 is 0 Å². The van der Waals surface area contributed by atoms with Crippen molar-refractivity contribution in [2.24, 2.45) is 5.92 Å². The Hall–Kier alpha value is -2.13. The van der Waals surface area contributed by atoms with Gasteiger partial charge >= 0.3 is 0 Å². The van der Waals surface area contributed by atoms with Gasteiger partial charge < -0.3 is 4.74 Å². The fourth-order valence-corrected chi connectivity index (χ4v) is 5.05. The third-order valence-electron chi connectivity index (χ3n) is 6.67. The SMILES string of the molecule is Cc1ccc(CCC(CN2CCOCC2)C(c2ccc(C)cc2)c2ccccc2Cl)cc1. The number of aryl methyl sites for hydroxylation is 3. The molecule has 0 spiro atoms. The minimum absolute atomic E-state index is 0.262. The van der Waals surface area contributed by atoms with E-state index in [1.54, 1.807) is 0 Å². The summed E-state index contributed by atoms with van der Waals surface area (Å²) in [5.41, 5.74) is 6.60. The van der Waals surface area contributed by atoms with Gasteiger partial charge in [-0.1, -0.05) is 89.5 Å². The third kappa shape index (κ3) is 6.01. The van der Waals surface area contributed by atoms with Crippen molar-refractivity contribution < 1.29 is 4.74 Å². The molecule has 0 aliphatic carbocycles. The summed E-state index contributed by atoms with van der Waals surface area (Å²) in [5, 5.41) is 0.861. The zero-order valence-electron chi connectivity index (χ0n) is 19.3. The van der Waals surface area contributed by atoms with Crippen molar-refractivity contribution in [3.63, 3.8) is 0 Å². The van der Waals surface area contributed by atoms with Crippen molar-refractivity contribution in [3.8, 4) is 0 Å². The second kappa shape index (κ2) is 11.1. The molecule has 0 bridgehead atoms. The van der Waals surface area contributed by atoms with Gasteiger partial charge in [0.25, 0.3) is 0 Å². The molecule has 3 aromatic rings. The highest BCUT2D eigenvalue weighted by molar-refractivity contribution is 6.31.